The van der Waals surface area contributed by atoms with Crippen LogP contribution in [-0.4, -0.2) is 46.2 Å². The quantitative estimate of drug-likeness (QED) is 0.620. The standard InChI is InChI=1S/C14H18N2O4/c1-17-5-7-19-13-3-4-14(11-16,12(9-13)10-15)20-8-6-18-2/h3-4,9,12H,5-8H2,1-2H3. The first-order chi connectivity index (χ1) is 9.72. The summed E-state index contributed by atoms with van der Waals surface area (Å²) in [6, 6.07) is 4.12. The maximum atomic E-state index is 9.33. The summed E-state index contributed by atoms with van der Waals surface area (Å²) >= 11 is 0. The summed E-state index contributed by atoms with van der Waals surface area (Å²) < 4.78 is 20.7. The fourth-order valence-electron chi connectivity index (χ4n) is 1.70. The Morgan fingerprint density at radius 2 is 1.85 bits per heavy atom. The predicted molar refractivity (Wildman–Crippen MR) is 70.3 cm³/mol. The van der Waals surface area contributed by atoms with Crippen LogP contribution in [0.15, 0.2) is 24.0 Å². The minimum atomic E-state index is -1.29. The van der Waals surface area contributed by atoms with Crippen LogP contribution in [0.4, 0.5) is 0 Å². The molecule has 6 heteroatoms. The molecule has 0 heterocycles. The fraction of sp³-hybridized carbons (Fsp3) is 0.571. The first-order valence-electron chi connectivity index (χ1n) is 6.19. The molecule has 0 saturated carbocycles. The topological polar surface area (TPSA) is 84.5 Å². The monoisotopic (exact) mass is 278 g/mol. The molecule has 20 heavy (non-hydrogen) atoms. The predicted octanol–water partition coefficient (Wildman–Crippen LogP) is 1.17. The molecule has 0 fully saturated rings. The number of methoxy groups -OCH3 is 2. The molecule has 0 amide bonds. The lowest BCUT2D eigenvalue weighted by Gasteiger charge is -2.29. The second-order valence-electron chi connectivity index (χ2n) is 4.10. The van der Waals surface area contributed by atoms with E-state index in [9.17, 15) is 10.5 Å². The minimum Gasteiger partial charge on any atom is -0.491 e. The number of nitriles is 2. The summed E-state index contributed by atoms with van der Waals surface area (Å²) in [6.07, 6.45) is 4.78. The van der Waals surface area contributed by atoms with Gasteiger partial charge in [-0.25, -0.2) is 0 Å². The van der Waals surface area contributed by atoms with E-state index in [1.165, 1.54) is 0 Å². The first-order valence-corrected chi connectivity index (χ1v) is 6.19. The highest BCUT2D eigenvalue weighted by atomic mass is 16.5. The molecule has 0 aromatic carbocycles. The van der Waals surface area contributed by atoms with E-state index in [0.29, 0.717) is 25.6 Å². The minimum absolute atomic E-state index is 0.236. The van der Waals surface area contributed by atoms with Gasteiger partial charge in [-0.3, -0.25) is 0 Å². The number of ether oxygens (including phenoxy) is 4. The molecule has 0 aromatic rings. The van der Waals surface area contributed by atoms with Crippen molar-refractivity contribution in [2.45, 2.75) is 5.60 Å². The van der Waals surface area contributed by atoms with Crippen LogP contribution < -0.4 is 0 Å². The maximum Gasteiger partial charge on any atom is 0.192 e. The van der Waals surface area contributed by atoms with Crippen LogP contribution in [-0.2, 0) is 18.9 Å². The van der Waals surface area contributed by atoms with Crippen LogP contribution in [0.1, 0.15) is 0 Å². The Bertz CT molecular complexity index is 447. The summed E-state index contributed by atoms with van der Waals surface area (Å²) in [5.74, 6) is -0.193. The van der Waals surface area contributed by atoms with Crippen LogP contribution in [0.25, 0.3) is 0 Å². The van der Waals surface area contributed by atoms with E-state index in [1.54, 1.807) is 32.4 Å². The molecule has 1 rings (SSSR count). The summed E-state index contributed by atoms with van der Waals surface area (Å²) in [6.45, 7) is 1.43. The molecule has 1 aliphatic carbocycles. The van der Waals surface area contributed by atoms with Gasteiger partial charge in [0.25, 0.3) is 0 Å². The highest BCUT2D eigenvalue weighted by Gasteiger charge is 2.39. The zero-order valence-electron chi connectivity index (χ0n) is 11.7. The first kappa shape index (κ1) is 16.2. The lowest BCUT2D eigenvalue weighted by atomic mass is 9.85. The second kappa shape index (κ2) is 8.34. The van der Waals surface area contributed by atoms with Gasteiger partial charge in [-0.05, 0) is 18.2 Å². The van der Waals surface area contributed by atoms with Gasteiger partial charge >= 0.3 is 0 Å². The molecule has 0 saturated heterocycles. The van der Waals surface area contributed by atoms with Crippen LogP contribution in [0.2, 0.25) is 0 Å². The highest BCUT2D eigenvalue weighted by Crippen LogP contribution is 2.30. The Morgan fingerprint density at radius 1 is 1.15 bits per heavy atom. The van der Waals surface area contributed by atoms with Gasteiger partial charge in [0.2, 0.25) is 0 Å². The van der Waals surface area contributed by atoms with Gasteiger partial charge in [0.15, 0.2) is 5.60 Å². The maximum absolute atomic E-state index is 9.33. The van der Waals surface area contributed by atoms with Crippen LogP contribution >= 0.6 is 0 Å². The third-order valence-corrected chi connectivity index (χ3v) is 2.79. The van der Waals surface area contributed by atoms with Gasteiger partial charge in [-0.2, -0.15) is 10.5 Å². The van der Waals surface area contributed by atoms with Gasteiger partial charge in [-0.15, -0.1) is 0 Å². The fourth-order valence-corrected chi connectivity index (χ4v) is 1.70. The largest absolute Gasteiger partial charge is 0.491 e. The average molecular weight is 278 g/mol. The van der Waals surface area contributed by atoms with Gasteiger partial charge in [-0.1, -0.05) is 0 Å². The normalized spacial score (nSPS) is 24.6. The summed E-state index contributed by atoms with van der Waals surface area (Å²) in [4.78, 5) is 0. The van der Waals surface area contributed by atoms with Crippen LogP contribution in [0, 0.1) is 28.6 Å². The summed E-state index contributed by atoms with van der Waals surface area (Å²) in [7, 11) is 3.12. The molecule has 0 aromatic heterocycles. The Kier molecular flexibility index (Phi) is 6.75. The molecule has 108 valence electrons. The number of hydrogen-bond donors (Lipinski definition) is 0. The van der Waals surface area contributed by atoms with Crippen LogP contribution in [0.5, 0.6) is 0 Å². The van der Waals surface area contributed by atoms with E-state index in [-0.39, 0.29) is 6.61 Å². The molecule has 2 unspecified atom stereocenters. The van der Waals surface area contributed by atoms with E-state index >= 15 is 0 Å². The molecule has 0 bridgehead atoms. The van der Waals surface area contributed by atoms with Crippen molar-refractivity contribution in [1.29, 1.82) is 10.5 Å². The van der Waals surface area contributed by atoms with E-state index in [1.807, 2.05) is 0 Å². The molecule has 6 nitrogen and oxygen atoms in total. The zero-order valence-corrected chi connectivity index (χ0v) is 11.7. The molecular formula is C14H18N2O4. The van der Waals surface area contributed by atoms with E-state index in [4.69, 9.17) is 18.9 Å². The molecule has 0 radical (unpaired) electrons. The smallest absolute Gasteiger partial charge is 0.192 e. The van der Waals surface area contributed by atoms with Crippen molar-refractivity contribution < 1.29 is 18.9 Å². The molecular weight excluding hydrogens is 260 g/mol. The molecule has 0 spiro atoms. The Hall–Kier alpha value is -1.86. The van der Waals surface area contributed by atoms with E-state index in [0.717, 1.165) is 0 Å². The molecule has 1 aliphatic rings. The van der Waals surface area contributed by atoms with Gasteiger partial charge < -0.3 is 18.9 Å². The Morgan fingerprint density at radius 3 is 2.45 bits per heavy atom. The number of hydrogen-bond acceptors (Lipinski definition) is 6. The summed E-state index contributed by atoms with van der Waals surface area (Å²) in [5.41, 5.74) is -1.29. The highest BCUT2D eigenvalue weighted by molar-refractivity contribution is 5.36. The van der Waals surface area contributed by atoms with Crippen molar-refractivity contribution in [3.8, 4) is 12.1 Å². The van der Waals surface area contributed by atoms with Crippen molar-refractivity contribution in [3.05, 3.63) is 24.0 Å². The number of allylic oxidation sites excluding steroid dienone is 1. The number of rotatable bonds is 8. The van der Waals surface area contributed by atoms with Crippen LogP contribution in [0.3, 0.4) is 0 Å². The summed E-state index contributed by atoms with van der Waals surface area (Å²) in [5, 5.41) is 18.6. The van der Waals surface area contributed by atoms with Gasteiger partial charge in [0.1, 0.15) is 24.4 Å². The van der Waals surface area contributed by atoms with E-state index < -0.39 is 11.5 Å². The van der Waals surface area contributed by atoms with Gasteiger partial charge in [0.05, 0.1) is 25.9 Å². The lowest BCUT2D eigenvalue weighted by molar-refractivity contribution is -0.0127. The third-order valence-electron chi connectivity index (χ3n) is 2.79. The van der Waals surface area contributed by atoms with Crippen molar-refractivity contribution in [2.24, 2.45) is 5.92 Å². The second-order valence-corrected chi connectivity index (χ2v) is 4.10. The molecule has 0 aliphatic heterocycles. The third kappa shape index (κ3) is 4.07. The Balaban J connectivity index is 2.74. The SMILES string of the molecule is COCCOC1=CC(C#N)C(C#N)(OCCOC)C=C1. The number of nitrogens with zero attached hydrogens (tertiary/aromatic N) is 2. The lowest BCUT2D eigenvalue weighted by Crippen LogP contribution is -2.38. The Labute approximate surface area is 118 Å². The molecule has 2 atom stereocenters. The molecule has 0 N–H and O–H groups in total. The van der Waals surface area contributed by atoms with Crippen molar-refractivity contribution in [3.63, 3.8) is 0 Å². The van der Waals surface area contributed by atoms with Crippen molar-refractivity contribution in [2.75, 3.05) is 40.6 Å². The van der Waals surface area contributed by atoms with Crippen molar-refractivity contribution in [1.82, 2.24) is 0 Å². The van der Waals surface area contributed by atoms with Gasteiger partial charge in [0, 0.05) is 14.2 Å². The van der Waals surface area contributed by atoms with E-state index in [2.05, 4.69) is 12.1 Å². The van der Waals surface area contributed by atoms with Crippen molar-refractivity contribution >= 4 is 0 Å². The average Bonchev–Trinajstić information content (AvgIpc) is 2.48. The zero-order chi connectivity index (χ0) is 14.8.